The van der Waals surface area contributed by atoms with E-state index >= 15 is 0 Å². The molecule has 0 aliphatic rings. The van der Waals surface area contributed by atoms with Crippen LogP contribution in [0.1, 0.15) is 43.5 Å². The number of carboxylic acids is 1. The lowest BCUT2D eigenvalue weighted by molar-refractivity contribution is -0.138. The summed E-state index contributed by atoms with van der Waals surface area (Å²) in [5.41, 5.74) is 1.62. The maximum atomic E-state index is 12.5. The van der Waals surface area contributed by atoms with Crippen molar-refractivity contribution in [2.75, 3.05) is 24.3 Å². The van der Waals surface area contributed by atoms with E-state index in [1.165, 1.54) is 63.7 Å². The molecule has 4 N–H and O–H groups in total. The quantitative estimate of drug-likeness (QED) is 0.112. The molecule has 0 saturated carbocycles. The number of hydrogen-bond donors (Lipinski definition) is 4. The van der Waals surface area contributed by atoms with Crippen LogP contribution >= 0.6 is 21.2 Å². The van der Waals surface area contributed by atoms with Crippen LogP contribution in [-0.2, 0) is 34.2 Å². The Bertz CT molecular complexity index is 1990. The van der Waals surface area contributed by atoms with Gasteiger partial charge in [-0.25, -0.2) is 27.8 Å². The van der Waals surface area contributed by atoms with Crippen molar-refractivity contribution in [2.45, 2.75) is 50.3 Å². The average Bonchev–Trinajstić information content (AvgIpc) is 2.99. The van der Waals surface area contributed by atoms with Gasteiger partial charge >= 0.3 is 18.2 Å². The summed E-state index contributed by atoms with van der Waals surface area (Å²) >= 11 is 1.31. The van der Waals surface area contributed by atoms with Crippen molar-refractivity contribution in [3.05, 3.63) is 94.0 Å². The fraction of sp³-hybridized carbons (Fsp3) is 0.281. The molecule has 0 bridgehead atoms. The summed E-state index contributed by atoms with van der Waals surface area (Å²) < 4.78 is 35.4. The Hall–Kier alpha value is -4.71. The summed E-state index contributed by atoms with van der Waals surface area (Å²) in [5, 5.41) is 15.7. The highest BCUT2D eigenvalue weighted by molar-refractivity contribution is 14.2. The zero-order chi connectivity index (χ0) is 35.2. The molecule has 4 rings (SSSR count). The van der Waals surface area contributed by atoms with Crippen molar-refractivity contribution in [1.82, 2.24) is 14.9 Å². The number of carboxylic acid groups (broad SMARTS) is 1. The molecule has 4 aromatic rings. The summed E-state index contributed by atoms with van der Waals surface area (Å²) in [6, 6.07) is 14.7. The third-order valence-corrected chi connectivity index (χ3v) is 9.16. The number of halogens is 1. The van der Waals surface area contributed by atoms with E-state index in [1.54, 1.807) is 57.2 Å². The Morgan fingerprint density at radius 3 is 2.38 bits per heavy atom. The number of H-pyrrole nitrogens is 1. The summed E-state index contributed by atoms with van der Waals surface area (Å²) in [6.07, 6.45) is 0.213. The smallest absolute Gasteiger partial charge is 0.411 e. The predicted molar refractivity (Wildman–Crippen MR) is 187 cm³/mol. The highest BCUT2D eigenvalue weighted by Gasteiger charge is 2.23. The van der Waals surface area contributed by atoms with Gasteiger partial charge in [-0.1, -0.05) is 24.3 Å². The zero-order valence-electron chi connectivity index (χ0n) is 26.4. The largest absolute Gasteiger partial charge is 0.479 e. The topological polar surface area (TPSA) is 197 Å². The second kappa shape index (κ2) is 15.0. The molecule has 0 saturated heterocycles. The molecule has 0 aliphatic carbocycles. The summed E-state index contributed by atoms with van der Waals surface area (Å²) in [7, 11) is -2.20. The zero-order valence-corrected chi connectivity index (χ0v) is 29.4. The lowest BCUT2D eigenvalue weighted by Crippen LogP contribution is -2.34. The number of ether oxygens (including phenoxy) is 2. The monoisotopic (exact) mass is 791 g/mol. The summed E-state index contributed by atoms with van der Waals surface area (Å²) in [4.78, 5) is 57.0. The number of carbonyl (C=O) groups excluding carboxylic acids is 2. The molecule has 48 heavy (non-hydrogen) atoms. The maximum absolute atomic E-state index is 12.5. The molecule has 0 radical (unpaired) electrons. The van der Waals surface area contributed by atoms with Crippen LogP contribution in [0.25, 0.3) is 10.9 Å². The van der Waals surface area contributed by atoms with Crippen LogP contribution in [0, 0.1) is 0 Å². The minimum atomic E-state index is -3.67. The molecule has 254 valence electrons. The van der Waals surface area contributed by atoms with Crippen molar-refractivity contribution < 1.29 is 37.4 Å². The Kier molecular flexibility index (Phi) is 11.3. The van der Waals surface area contributed by atoms with Gasteiger partial charge in [-0.3, -0.25) is 10.1 Å². The molecule has 1 aromatic heterocycles. The van der Waals surface area contributed by atoms with Gasteiger partial charge in [0, 0.05) is 24.8 Å². The van der Waals surface area contributed by atoms with Gasteiger partial charge in [0.05, 0.1) is 56.5 Å². The minimum absolute atomic E-state index is 0.0000866. The van der Waals surface area contributed by atoms with Crippen molar-refractivity contribution in [2.24, 2.45) is 0 Å². The number of benzene rings is 3. The van der Waals surface area contributed by atoms with Gasteiger partial charge in [-0.15, -0.1) is 0 Å². The fourth-order valence-corrected chi connectivity index (χ4v) is 6.54. The third kappa shape index (κ3) is 9.90. The first kappa shape index (κ1) is 36.1. The number of carbonyl (C=O) groups is 3. The molecule has 14 nitrogen and oxygen atoms in total. The fourth-order valence-electron chi connectivity index (χ4n) is 4.58. The summed E-state index contributed by atoms with van der Waals surface area (Å²) in [5.74, 6) is -1.12. The number of anilines is 2. The lowest BCUT2D eigenvalue weighted by Gasteiger charge is -2.25. The molecule has 0 spiro atoms. The molecule has 0 fully saturated rings. The average molecular weight is 792 g/mol. The SMILES string of the molecule is CN(Cc1cc(NC(=O)OCCc2ccc(C(Nc3ccc4nc[nH]c(=O)c4c3)C(=O)O)cc2)ccc1S(=O)(=O)I)C(=O)OC(C)(C)C. The van der Waals surface area contributed by atoms with Gasteiger partial charge in [0.15, 0.2) is 6.04 Å². The summed E-state index contributed by atoms with van der Waals surface area (Å²) in [6.45, 7) is 5.06. The highest BCUT2D eigenvalue weighted by Crippen LogP contribution is 2.27. The van der Waals surface area contributed by atoms with Crippen molar-refractivity contribution in [1.29, 1.82) is 0 Å². The van der Waals surface area contributed by atoms with Crippen molar-refractivity contribution >= 4 is 68.6 Å². The number of hydrogen-bond acceptors (Lipinski definition) is 10. The molecule has 1 atom stereocenters. The number of aromatic nitrogens is 2. The molecule has 2 amide bonds. The van der Waals surface area contributed by atoms with E-state index in [0.717, 1.165) is 5.56 Å². The van der Waals surface area contributed by atoms with Crippen LogP contribution in [0.15, 0.2) is 76.7 Å². The van der Waals surface area contributed by atoms with Crippen LogP contribution in [0.3, 0.4) is 0 Å². The van der Waals surface area contributed by atoms with Crippen LogP contribution in [0.5, 0.6) is 0 Å². The second-order valence-electron chi connectivity index (χ2n) is 11.7. The Morgan fingerprint density at radius 1 is 1.04 bits per heavy atom. The Balaban J connectivity index is 1.35. The Labute approximate surface area is 288 Å². The van der Waals surface area contributed by atoms with E-state index in [1.807, 2.05) is 0 Å². The van der Waals surface area contributed by atoms with Crippen LogP contribution in [0.2, 0.25) is 0 Å². The molecule has 16 heteroatoms. The maximum Gasteiger partial charge on any atom is 0.411 e. The van der Waals surface area contributed by atoms with E-state index in [9.17, 15) is 32.7 Å². The van der Waals surface area contributed by atoms with Crippen molar-refractivity contribution in [3.8, 4) is 0 Å². The van der Waals surface area contributed by atoms with E-state index in [-0.39, 0.29) is 34.9 Å². The van der Waals surface area contributed by atoms with Gasteiger partial charge in [0.2, 0.25) is 7.01 Å². The third-order valence-electron chi connectivity index (χ3n) is 6.82. The van der Waals surface area contributed by atoms with Crippen molar-refractivity contribution in [3.63, 3.8) is 0 Å². The van der Waals surface area contributed by atoms with Gasteiger partial charge in [-0.2, -0.15) is 0 Å². The molecule has 3 aromatic carbocycles. The number of amides is 2. The van der Waals surface area contributed by atoms with E-state index in [4.69, 9.17) is 9.47 Å². The second-order valence-corrected chi connectivity index (χ2v) is 16.5. The first-order valence-corrected chi connectivity index (χ1v) is 18.5. The number of rotatable bonds is 11. The van der Waals surface area contributed by atoms with Crippen LogP contribution in [0.4, 0.5) is 21.0 Å². The number of fused-ring (bicyclic) bond motifs is 1. The standard InChI is InChI=1S/C32H34IN5O9S/c1-32(2,3)47-31(43)38(4)17-21-15-22(10-12-26(21)48(33,44)45)37-30(42)46-14-13-19-5-7-20(8-6-19)27(29(40)41)36-23-9-11-25-24(16-23)28(39)35-18-34-25/h5-12,15-16,18,27,36H,13-14,17H2,1-4H3,(H,37,42)(H,40,41)(H,34,35,39). The molecule has 1 heterocycles. The number of nitrogens with zero attached hydrogens (tertiary/aromatic N) is 2. The van der Waals surface area contributed by atoms with Crippen LogP contribution < -0.4 is 16.2 Å². The van der Waals surface area contributed by atoms with E-state index in [0.29, 0.717) is 28.6 Å². The molecule has 1 unspecified atom stereocenters. The van der Waals surface area contributed by atoms with Crippen LogP contribution in [-0.4, -0.2) is 65.8 Å². The number of nitrogens with one attached hydrogen (secondary N) is 3. The molecular weight excluding hydrogens is 757 g/mol. The van der Waals surface area contributed by atoms with Gasteiger partial charge < -0.3 is 29.8 Å². The lowest BCUT2D eigenvalue weighted by atomic mass is 10.0. The first-order valence-electron chi connectivity index (χ1n) is 14.5. The van der Waals surface area contributed by atoms with Gasteiger partial charge in [-0.05, 0) is 73.9 Å². The van der Waals surface area contributed by atoms with Gasteiger partial charge in [0.1, 0.15) is 5.60 Å². The number of aromatic amines is 1. The van der Waals surface area contributed by atoms with E-state index < -0.39 is 36.8 Å². The first-order chi connectivity index (χ1) is 22.5. The van der Waals surface area contributed by atoms with Gasteiger partial charge in [0.25, 0.3) is 5.56 Å². The normalized spacial score (nSPS) is 12.2. The highest BCUT2D eigenvalue weighted by atomic mass is 127. The molecule has 0 aliphatic heterocycles. The van der Waals surface area contributed by atoms with E-state index in [2.05, 4.69) is 20.6 Å². The predicted octanol–water partition coefficient (Wildman–Crippen LogP) is 5.44. The Morgan fingerprint density at radius 2 is 1.73 bits per heavy atom. The molecular formula is C32H34IN5O9S. The minimum Gasteiger partial charge on any atom is -0.479 e. The number of aliphatic carboxylic acids is 1.